The predicted octanol–water partition coefficient (Wildman–Crippen LogP) is 3.88. The van der Waals surface area contributed by atoms with Crippen molar-refractivity contribution in [1.82, 2.24) is 19.8 Å². The van der Waals surface area contributed by atoms with Crippen LogP contribution in [0.4, 0.5) is 4.39 Å². The molecule has 0 fully saturated rings. The van der Waals surface area contributed by atoms with E-state index in [2.05, 4.69) is 10.3 Å². The van der Waals surface area contributed by atoms with Gasteiger partial charge in [0, 0.05) is 19.4 Å². The Balaban J connectivity index is 1.44. The number of hydrogen-bond acceptors (Lipinski definition) is 5. The average molecular weight is 499 g/mol. The van der Waals surface area contributed by atoms with Gasteiger partial charge in [-0.3, -0.25) is 19.3 Å². The second kappa shape index (κ2) is 9.69. The molecule has 3 aromatic carbocycles. The van der Waals surface area contributed by atoms with Crippen LogP contribution in [0.1, 0.15) is 54.1 Å². The zero-order valence-electron chi connectivity index (χ0n) is 20.1. The van der Waals surface area contributed by atoms with Crippen LogP contribution in [0.2, 0.25) is 0 Å². The van der Waals surface area contributed by atoms with Crippen molar-refractivity contribution in [3.8, 4) is 5.75 Å². The zero-order chi connectivity index (χ0) is 26.1. The first-order valence-electron chi connectivity index (χ1n) is 11.5. The third kappa shape index (κ3) is 4.47. The summed E-state index contributed by atoms with van der Waals surface area (Å²) in [6.07, 6.45) is 3.36. The highest BCUT2D eigenvalue weighted by Gasteiger charge is 2.35. The molecule has 9 heteroatoms. The lowest BCUT2D eigenvalue weighted by atomic mass is 10.0. The summed E-state index contributed by atoms with van der Waals surface area (Å²) >= 11 is 0. The van der Waals surface area contributed by atoms with E-state index in [1.54, 1.807) is 78.6 Å². The monoisotopic (exact) mass is 498 g/mol. The number of nitrogens with zero attached hydrogens (tertiary/aromatic N) is 3. The molecular weight excluding hydrogens is 475 g/mol. The number of aromatic nitrogens is 2. The molecule has 4 aromatic rings. The highest BCUT2D eigenvalue weighted by molar-refractivity contribution is 6.21. The number of benzene rings is 3. The van der Waals surface area contributed by atoms with Crippen molar-refractivity contribution in [2.75, 3.05) is 7.11 Å². The van der Waals surface area contributed by atoms with Gasteiger partial charge in [0.05, 0.1) is 30.3 Å². The number of imidazole rings is 1. The third-order valence-electron chi connectivity index (χ3n) is 6.32. The Morgan fingerprint density at radius 3 is 2.30 bits per heavy atom. The molecule has 5 rings (SSSR count). The topological polar surface area (TPSA) is 93.5 Å². The molecule has 37 heavy (non-hydrogen) atoms. The molecule has 0 spiro atoms. The van der Waals surface area contributed by atoms with Crippen LogP contribution in [0, 0.1) is 5.82 Å². The van der Waals surface area contributed by atoms with Gasteiger partial charge >= 0.3 is 0 Å². The number of amides is 3. The Bertz CT molecular complexity index is 1480. The number of carbonyl (C=O) groups is 3. The molecule has 0 radical (unpaired) electrons. The third-order valence-corrected chi connectivity index (χ3v) is 6.32. The zero-order valence-corrected chi connectivity index (χ0v) is 20.1. The fraction of sp³-hybridized carbons (Fsp3) is 0.143. The van der Waals surface area contributed by atoms with Crippen molar-refractivity contribution >= 4 is 17.7 Å². The summed E-state index contributed by atoms with van der Waals surface area (Å²) in [5, 5.41) is 2.97. The minimum Gasteiger partial charge on any atom is -0.496 e. The number of nitrogens with one attached hydrogen (secondary N) is 1. The second-order valence-corrected chi connectivity index (χ2v) is 8.63. The van der Waals surface area contributed by atoms with E-state index in [-0.39, 0.29) is 23.9 Å². The van der Waals surface area contributed by atoms with E-state index < -0.39 is 17.8 Å². The first-order valence-corrected chi connectivity index (χ1v) is 11.5. The van der Waals surface area contributed by atoms with Gasteiger partial charge in [-0.25, -0.2) is 9.37 Å². The van der Waals surface area contributed by atoms with Crippen molar-refractivity contribution in [3.63, 3.8) is 0 Å². The number of carbonyl (C=O) groups excluding carboxylic acids is 3. The Hall–Kier alpha value is -4.79. The van der Waals surface area contributed by atoms with Crippen LogP contribution < -0.4 is 10.1 Å². The normalized spacial score (nSPS) is 13.4. The lowest BCUT2D eigenvalue weighted by Gasteiger charge is -2.21. The van der Waals surface area contributed by atoms with Crippen molar-refractivity contribution in [1.29, 1.82) is 0 Å². The predicted molar refractivity (Wildman–Crippen MR) is 133 cm³/mol. The summed E-state index contributed by atoms with van der Waals surface area (Å²) in [4.78, 5) is 44.7. The molecule has 0 saturated carbocycles. The molecule has 186 valence electrons. The summed E-state index contributed by atoms with van der Waals surface area (Å²) in [6.45, 7) is -0.00260. The van der Waals surface area contributed by atoms with Gasteiger partial charge in [-0.15, -0.1) is 0 Å². The number of ether oxygens (including phenoxy) is 1. The fourth-order valence-corrected chi connectivity index (χ4v) is 4.41. The molecule has 0 aliphatic carbocycles. The van der Waals surface area contributed by atoms with Gasteiger partial charge in [-0.1, -0.05) is 30.3 Å². The first kappa shape index (κ1) is 23.9. The summed E-state index contributed by atoms with van der Waals surface area (Å²) in [6, 6.07) is 16.7. The Kier molecular flexibility index (Phi) is 6.27. The van der Waals surface area contributed by atoms with Crippen LogP contribution in [0.3, 0.4) is 0 Å². The molecule has 1 aromatic heterocycles. The number of halogens is 1. The van der Waals surface area contributed by atoms with Crippen molar-refractivity contribution < 1.29 is 23.5 Å². The molecule has 3 amide bonds. The molecule has 1 aliphatic rings. The van der Waals surface area contributed by atoms with E-state index >= 15 is 0 Å². The van der Waals surface area contributed by atoms with E-state index in [4.69, 9.17) is 4.74 Å². The van der Waals surface area contributed by atoms with E-state index in [9.17, 15) is 18.8 Å². The lowest BCUT2D eigenvalue weighted by Crippen LogP contribution is -2.32. The maximum atomic E-state index is 13.6. The first-order chi connectivity index (χ1) is 17.9. The number of rotatable bonds is 7. The SMILES string of the molecule is COc1ccc(CN2C(=O)c3ccccc3C2=O)cc1C(=O)NC(c1ccc(F)cc1)c1nccn1C. The largest absolute Gasteiger partial charge is 0.496 e. The van der Waals surface area contributed by atoms with Gasteiger partial charge in [0.1, 0.15) is 23.4 Å². The maximum Gasteiger partial charge on any atom is 0.261 e. The number of imide groups is 1. The van der Waals surface area contributed by atoms with E-state index in [1.807, 2.05) is 0 Å². The van der Waals surface area contributed by atoms with Crippen LogP contribution in [0.25, 0.3) is 0 Å². The van der Waals surface area contributed by atoms with Gasteiger partial charge in [-0.2, -0.15) is 0 Å². The van der Waals surface area contributed by atoms with E-state index in [0.717, 1.165) is 4.90 Å². The standard InChI is InChI=1S/C28H23FN4O4/c1-32-14-13-30-25(32)24(18-8-10-19(29)11-9-18)31-26(34)22-15-17(7-12-23(22)37-2)16-33-27(35)20-5-3-4-6-21(20)28(33)36/h3-15,24H,16H2,1-2H3,(H,31,34). The molecule has 1 atom stereocenters. The molecule has 1 unspecified atom stereocenters. The second-order valence-electron chi connectivity index (χ2n) is 8.63. The highest BCUT2D eigenvalue weighted by Crippen LogP contribution is 2.28. The Morgan fingerprint density at radius 2 is 1.70 bits per heavy atom. The number of methoxy groups -OCH3 is 1. The summed E-state index contributed by atoms with van der Waals surface area (Å²) < 4.78 is 20.8. The highest BCUT2D eigenvalue weighted by atomic mass is 19.1. The van der Waals surface area contributed by atoms with E-state index in [0.29, 0.717) is 33.8 Å². The summed E-state index contributed by atoms with van der Waals surface area (Å²) in [5.74, 6) is -0.737. The minimum atomic E-state index is -0.669. The number of aryl methyl sites for hydroxylation is 1. The molecule has 2 heterocycles. The van der Waals surface area contributed by atoms with E-state index in [1.165, 1.54) is 19.2 Å². The van der Waals surface area contributed by atoms with Gasteiger partial charge in [0.25, 0.3) is 17.7 Å². The minimum absolute atomic E-state index is 0.00260. The van der Waals surface area contributed by atoms with Crippen molar-refractivity contribution in [2.24, 2.45) is 7.05 Å². The smallest absolute Gasteiger partial charge is 0.261 e. The number of hydrogen-bond donors (Lipinski definition) is 1. The lowest BCUT2D eigenvalue weighted by molar-refractivity contribution is 0.0642. The Labute approximate surface area is 212 Å². The quantitative estimate of drug-likeness (QED) is 0.391. The van der Waals surface area contributed by atoms with Gasteiger partial charge in [0.2, 0.25) is 0 Å². The van der Waals surface area contributed by atoms with Crippen LogP contribution in [-0.2, 0) is 13.6 Å². The molecule has 1 aliphatic heterocycles. The number of fused-ring (bicyclic) bond motifs is 1. The van der Waals surface area contributed by atoms with Gasteiger partial charge in [-0.05, 0) is 47.5 Å². The van der Waals surface area contributed by atoms with Crippen LogP contribution in [0.5, 0.6) is 5.75 Å². The molecule has 0 saturated heterocycles. The molecule has 8 nitrogen and oxygen atoms in total. The molecule has 1 N–H and O–H groups in total. The summed E-state index contributed by atoms with van der Waals surface area (Å²) in [7, 11) is 3.25. The fourth-order valence-electron chi connectivity index (χ4n) is 4.41. The van der Waals surface area contributed by atoms with Gasteiger partial charge < -0.3 is 14.6 Å². The maximum absolute atomic E-state index is 13.6. The van der Waals surface area contributed by atoms with Crippen LogP contribution >= 0.6 is 0 Å². The van der Waals surface area contributed by atoms with Gasteiger partial charge in [0.15, 0.2) is 0 Å². The van der Waals surface area contributed by atoms with Crippen molar-refractivity contribution in [3.05, 3.63) is 119 Å². The summed E-state index contributed by atoms with van der Waals surface area (Å²) in [5.41, 5.74) is 2.16. The van der Waals surface area contributed by atoms with Crippen LogP contribution in [0.15, 0.2) is 79.1 Å². The molecule has 0 bridgehead atoms. The Morgan fingerprint density at radius 1 is 1.03 bits per heavy atom. The molecular formula is C28H23FN4O4. The van der Waals surface area contributed by atoms with Crippen LogP contribution in [-0.4, -0.2) is 39.3 Å². The average Bonchev–Trinajstić information content (AvgIpc) is 3.44. The van der Waals surface area contributed by atoms with Crippen molar-refractivity contribution in [2.45, 2.75) is 12.6 Å².